The van der Waals surface area contributed by atoms with Crippen LogP contribution in [0.3, 0.4) is 0 Å². The molecule has 2 aromatic carbocycles. The second-order valence-electron chi connectivity index (χ2n) is 6.32. The Labute approximate surface area is 164 Å². The van der Waals surface area contributed by atoms with E-state index in [0.717, 1.165) is 11.9 Å². The second kappa shape index (κ2) is 8.30. The Bertz CT molecular complexity index is 959. The summed E-state index contributed by atoms with van der Waals surface area (Å²) >= 11 is 0. The quantitative estimate of drug-likeness (QED) is 0.796. The van der Waals surface area contributed by atoms with E-state index >= 15 is 0 Å². The number of ether oxygens (including phenoxy) is 1. The van der Waals surface area contributed by atoms with E-state index in [2.05, 4.69) is 10.4 Å². The van der Waals surface area contributed by atoms with E-state index in [9.17, 15) is 13.2 Å². The zero-order valence-corrected chi connectivity index (χ0v) is 16.5. The fraction of sp³-hybridized carbons (Fsp3) is 0.263. The van der Waals surface area contributed by atoms with Gasteiger partial charge in [-0.2, -0.15) is 5.10 Å². The molecule has 0 bridgehead atoms. The monoisotopic (exact) mass is 402 g/mol. The molecule has 1 N–H and O–H groups in total. The smallest absolute Gasteiger partial charge is 0.263 e. The van der Waals surface area contributed by atoms with Gasteiger partial charge in [0.2, 0.25) is 10.0 Å². The van der Waals surface area contributed by atoms with Crippen molar-refractivity contribution in [3.8, 4) is 5.75 Å². The molecule has 0 spiro atoms. The lowest BCUT2D eigenvalue weighted by atomic mass is 10.3. The van der Waals surface area contributed by atoms with E-state index in [4.69, 9.17) is 4.74 Å². The van der Waals surface area contributed by atoms with Crippen LogP contribution < -0.4 is 19.4 Å². The third kappa shape index (κ3) is 5.01. The minimum Gasteiger partial charge on any atom is -0.484 e. The zero-order valence-electron chi connectivity index (χ0n) is 15.7. The number of rotatable bonds is 6. The number of para-hydroxylation sites is 1. The topological polar surface area (TPSA) is 91.3 Å². The molecule has 1 heterocycles. The fourth-order valence-corrected chi connectivity index (χ4v) is 3.13. The summed E-state index contributed by atoms with van der Waals surface area (Å²) in [5.41, 5.74) is 1.49. The maximum Gasteiger partial charge on any atom is 0.263 e. The number of sulfonamides is 1. The Morgan fingerprint density at radius 3 is 2.50 bits per heavy atom. The fourth-order valence-electron chi connectivity index (χ4n) is 2.62. The summed E-state index contributed by atoms with van der Waals surface area (Å²) in [7, 11) is -1.85. The number of nitrogens with one attached hydrogen (secondary N) is 1. The van der Waals surface area contributed by atoms with E-state index < -0.39 is 10.0 Å². The molecule has 9 heteroatoms. The van der Waals surface area contributed by atoms with Crippen LogP contribution in [0.25, 0.3) is 0 Å². The molecule has 28 heavy (non-hydrogen) atoms. The highest BCUT2D eigenvalue weighted by Gasteiger charge is 2.18. The molecule has 1 aliphatic rings. The highest BCUT2D eigenvalue weighted by atomic mass is 32.2. The molecule has 0 fully saturated rings. The predicted octanol–water partition coefficient (Wildman–Crippen LogP) is 1.80. The van der Waals surface area contributed by atoms with Gasteiger partial charge in [0.25, 0.3) is 5.91 Å². The number of benzene rings is 2. The number of hydrogen-bond donors (Lipinski definition) is 1. The molecule has 0 radical (unpaired) electrons. The molecule has 0 aliphatic carbocycles. The number of nitrogens with zero attached hydrogens (tertiary/aromatic N) is 3. The Morgan fingerprint density at radius 2 is 1.86 bits per heavy atom. The summed E-state index contributed by atoms with van der Waals surface area (Å²) in [6, 6.07) is 16.2. The van der Waals surface area contributed by atoms with Crippen LogP contribution in [-0.4, -0.2) is 46.6 Å². The van der Waals surface area contributed by atoms with Crippen molar-refractivity contribution in [1.29, 1.82) is 0 Å². The number of amides is 1. The van der Waals surface area contributed by atoms with E-state index in [0.29, 0.717) is 30.2 Å². The molecule has 0 saturated heterocycles. The molecule has 2 aromatic rings. The average molecular weight is 402 g/mol. The minimum atomic E-state index is -3.32. The van der Waals surface area contributed by atoms with Crippen molar-refractivity contribution in [3.63, 3.8) is 0 Å². The number of anilines is 2. The first-order chi connectivity index (χ1) is 13.3. The molecular formula is C19H22N4O4S. The summed E-state index contributed by atoms with van der Waals surface area (Å²) < 4.78 is 29.7. The number of carbonyl (C=O) groups excluding carboxylic acids is 1. The van der Waals surface area contributed by atoms with Crippen molar-refractivity contribution in [3.05, 3.63) is 54.6 Å². The van der Waals surface area contributed by atoms with Gasteiger partial charge in [0.1, 0.15) is 11.6 Å². The summed E-state index contributed by atoms with van der Waals surface area (Å²) in [6.45, 7) is 0.543. The van der Waals surface area contributed by atoms with Crippen molar-refractivity contribution >= 4 is 33.1 Å². The number of amidine groups is 1. The van der Waals surface area contributed by atoms with Crippen molar-refractivity contribution in [1.82, 2.24) is 5.32 Å². The second-order valence-corrected chi connectivity index (χ2v) is 8.33. The van der Waals surface area contributed by atoms with Crippen molar-refractivity contribution in [2.45, 2.75) is 6.42 Å². The van der Waals surface area contributed by atoms with Gasteiger partial charge in [-0.15, -0.1) is 0 Å². The minimum absolute atomic E-state index is 0.161. The Morgan fingerprint density at radius 1 is 1.18 bits per heavy atom. The van der Waals surface area contributed by atoms with Crippen LogP contribution in [0, 0.1) is 0 Å². The standard InChI is InChI=1S/C19H22N4O4S/c1-22(28(2,25)26)15-8-10-17(11-9-15)27-14-19(24)20-18-12-13-23(21-18)16-6-4-3-5-7-16/h3-11H,12-14H2,1-2H3,(H,20,21,24). The van der Waals surface area contributed by atoms with Gasteiger partial charge in [-0.25, -0.2) is 8.42 Å². The van der Waals surface area contributed by atoms with Gasteiger partial charge < -0.3 is 10.1 Å². The summed E-state index contributed by atoms with van der Waals surface area (Å²) in [5.74, 6) is 0.772. The number of carbonyl (C=O) groups is 1. The van der Waals surface area contributed by atoms with Gasteiger partial charge in [0, 0.05) is 20.0 Å². The molecular weight excluding hydrogens is 380 g/mol. The predicted molar refractivity (Wildman–Crippen MR) is 109 cm³/mol. The summed E-state index contributed by atoms with van der Waals surface area (Å²) in [4.78, 5) is 12.1. The van der Waals surface area contributed by atoms with Gasteiger partial charge in [-0.05, 0) is 36.4 Å². The molecule has 0 atom stereocenters. The van der Waals surface area contributed by atoms with Crippen LogP contribution >= 0.6 is 0 Å². The third-order valence-electron chi connectivity index (χ3n) is 4.21. The maximum absolute atomic E-state index is 12.1. The molecule has 0 unspecified atom stereocenters. The zero-order chi connectivity index (χ0) is 20.1. The van der Waals surface area contributed by atoms with Gasteiger partial charge in [0.05, 0.1) is 17.6 Å². The molecule has 0 aromatic heterocycles. The van der Waals surface area contributed by atoms with Crippen LogP contribution in [0.4, 0.5) is 11.4 Å². The normalized spacial score (nSPS) is 13.8. The van der Waals surface area contributed by atoms with Crippen LogP contribution in [0.2, 0.25) is 0 Å². The Kier molecular flexibility index (Phi) is 5.84. The van der Waals surface area contributed by atoms with Crippen LogP contribution in [0.1, 0.15) is 6.42 Å². The Balaban J connectivity index is 1.51. The SMILES string of the molecule is CN(c1ccc(OCC(=O)NC2=NN(c3ccccc3)CC2)cc1)S(C)(=O)=O. The largest absolute Gasteiger partial charge is 0.484 e. The number of hydrogen-bond acceptors (Lipinski definition) is 6. The number of hydrazone groups is 1. The summed E-state index contributed by atoms with van der Waals surface area (Å²) in [5, 5.41) is 9.00. The van der Waals surface area contributed by atoms with Crippen LogP contribution in [-0.2, 0) is 14.8 Å². The first-order valence-electron chi connectivity index (χ1n) is 8.69. The van der Waals surface area contributed by atoms with Gasteiger partial charge in [-0.1, -0.05) is 18.2 Å². The first kappa shape index (κ1) is 19.7. The highest BCUT2D eigenvalue weighted by molar-refractivity contribution is 7.92. The maximum atomic E-state index is 12.1. The molecule has 0 saturated carbocycles. The van der Waals surface area contributed by atoms with Crippen LogP contribution in [0.5, 0.6) is 5.75 Å². The van der Waals surface area contributed by atoms with Gasteiger partial charge >= 0.3 is 0 Å². The van der Waals surface area contributed by atoms with Crippen LogP contribution in [0.15, 0.2) is 59.7 Å². The average Bonchev–Trinajstić information content (AvgIpc) is 3.14. The van der Waals surface area contributed by atoms with E-state index in [1.165, 1.54) is 11.4 Å². The lowest BCUT2D eigenvalue weighted by Gasteiger charge is -2.16. The first-order valence-corrected chi connectivity index (χ1v) is 10.5. The molecule has 1 amide bonds. The summed E-state index contributed by atoms with van der Waals surface area (Å²) in [6.07, 6.45) is 1.78. The third-order valence-corrected chi connectivity index (χ3v) is 5.41. The molecule has 3 rings (SSSR count). The van der Waals surface area contributed by atoms with Crippen molar-refractivity contribution in [2.75, 3.05) is 35.8 Å². The molecule has 148 valence electrons. The van der Waals surface area contributed by atoms with Gasteiger partial charge in [0.15, 0.2) is 6.61 Å². The molecule has 8 nitrogen and oxygen atoms in total. The van der Waals surface area contributed by atoms with E-state index in [-0.39, 0.29) is 12.5 Å². The lowest BCUT2D eigenvalue weighted by molar-refractivity contribution is -0.121. The van der Waals surface area contributed by atoms with Gasteiger partial charge in [-0.3, -0.25) is 14.1 Å². The highest BCUT2D eigenvalue weighted by Crippen LogP contribution is 2.20. The Hall–Kier alpha value is -3.07. The van der Waals surface area contributed by atoms with Crippen molar-refractivity contribution in [2.24, 2.45) is 5.10 Å². The van der Waals surface area contributed by atoms with E-state index in [1.54, 1.807) is 24.3 Å². The molecule has 1 aliphatic heterocycles. The van der Waals surface area contributed by atoms with Crippen molar-refractivity contribution < 1.29 is 17.9 Å². The lowest BCUT2D eigenvalue weighted by Crippen LogP contribution is -2.33. The van der Waals surface area contributed by atoms with E-state index in [1.807, 2.05) is 35.3 Å².